The Morgan fingerprint density at radius 3 is 2.75 bits per heavy atom. The Morgan fingerprint density at radius 1 is 1.33 bits per heavy atom. The van der Waals surface area contributed by atoms with Gasteiger partial charge in [-0.2, -0.15) is 4.39 Å². The van der Waals surface area contributed by atoms with Gasteiger partial charge in [-0.3, -0.25) is 19.1 Å². The number of hydrogen-bond donors (Lipinski definition) is 3. The van der Waals surface area contributed by atoms with Gasteiger partial charge in [-0.25, -0.2) is 9.59 Å². The van der Waals surface area contributed by atoms with Gasteiger partial charge in [0.25, 0.3) is 5.56 Å². The zero-order chi connectivity index (χ0) is 17.5. The number of aromatic amines is 1. The average Bonchev–Trinajstić information content (AvgIpc) is 2.48. The second-order valence-electron chi connectivity index (χ2n) is 5.53. The molecule has 132 valence electrons. The summed E-state index contributed by atoms with van der Waals surface area (Å²) in [5.74, 6) is -0.796. The Kier molecular flexibility index (Phi) is 6.10. The maximum absolute atomic E-state index is 13.0. The van der Waals surface area contributed by atoms with E-state index >= 15 is 0 Å². The molecular weight excluding hydrogens is 323 g/mol. The van der Waals surface area contributed by atoms with Crippen LogP contribution < -0.4 is 21.9 Å². The summed E-state index contributed by atoms with van der Waals surface area (Å²) in [6, 6.07) is 0. The van der Waals surface area contributed by atoms with Crippen molar-refractivity contribution in [1.29, 1.82) is 0 Å². The van der Waals surface area contributed by atoms with Gasteiger partial charge in [0.15, 0.2) is 0 Å². The number of nitrogens with one attached hydrogen (secondary N) is 3. The van der Waals surface area contributed by atoms with Crippen LogP contribution >= 0.6 is 0 Å². The van der Waals surface area contributed by atoms with Gasteiger partial charge < -0.3 is 15.4 Å². The molecule has 3 N–H and O–H groups in total. The first-order valence-electron chi connectivity index (χ1n) is 7.62. The van der Waals surface area contributed by atoms with Crippen molar-refractivity contribution >= 4 is 12.0 Å². The Hall–Kier alpha value is -2.65. The van der Waals surface area contributed by atoms with Gasteiger partial charge in [0, 0.05) is 6.54 Å². The van der Waals surface area contributed by atoms with Gasteiger partial charge in [-0.1, -0.05) is 6.42 Å². The summed E-state index contributed by atoms with van der Waals surface area (Å²) in [5, 5.41) is 4.97. The maximum Gasteiger partial charge on any atom is 0.408 e. The number of carbonyl (C=O) groups excluding carboxylic acids is 2. The molecule has 24 heavy (non-hydrogen) atoms. The highest BCUT2D eigenvalue weighted by Gasteiger charge is 2.17. The third-order valence-corrected chi connectivity index (χ3v) is 3.74. The van der Waals surface area contributed by atoms with Crippen LogP contribution in [0.25, 0.3) is 0 Å². The first-order valence-corrected chi connectivity index (χ1v) is 7.62. The first kappa shape index (κ1) is 17.7. The smallest absolute Gasteiger partial charge is 0.408 e. The molecule has 1 aromatic rings. The van der Waals surface area contributed by atoms with E-state index in [0.29, 0.717) is 18.7 Å². The van der Waals surface area contributed by atoms with E-state index in [2.05, 4.69) is 10.6 Å². The minimum atomic E-state index is -1.15. The Balaban J connectivity index is 1.64. The molecule has 9 nitrogen and oxygen atoms in total. The molecule has 0 unspecified atom stereocenters. The fraction of sp³-hybridized carbons (Fsp3) is 0.571. The number of amides is 2. The summed E-state index contributed by atoms with van der Waals surface area (Å²) in [6.45, 7) is 0.155. The molecule has 0 radical (unpaired) electrons. The van der Waals surface area contributed by atoms with Crippen molar-refractivity contribution in [3.63, 3.8) is 0 Å². The van der Waals surface area contributed by atoms with Crippen molar-refractivity contribution in [2.75, 3.05) is 13.2 Å². The Morgan fingerprint density at radius 2 is 2.08 bits per heavy atom. The van der Waals surface area contributed by atoms with Gasteiger partial charge >= 0.3 is 11.8 Å². The van der Waals surface area contributed by atoms with Crippen molar-refractivity contribution in [1.82, 2.24) is 20.2 Å². The third kappa shape index (κ3) is 5.21. The molecule has 2 rings (SSSR count). The van der Waals surface area contributed by atoms with Crippen molar-refractivity contribution < 1.29 is 18.7 Å². The van der Waals surface area contributed by atoms with Crippen molar-refractivity contribution in [2.24, 2.45) is 5.92 Å². The lowest BCUT2D eigenvalue weighted by atomic mass is 9.85. The van der Waals surface area contributed by atoms with Gasteiger partial charge in [-0.05, 0) is 18.8 Å². The average molecular weight is 342 g/mol. The standard InChI is InChI=1S/C14H19FN4O5/c15-10-7-19(13(22)18-12(10)21)8-17-14(23)24-5-4-11(20)16-6-9-2-1-3-9/h7,9H,1-6,8H2,(H,16,20)(H,17,23)(H,18,21,22). The summed E-state index contributed by atoms with van der Waals surface area (Å²) >= 11 is 0. The highest BCUT2D eigenvalue weighted by Crippen LogP contribution is 2.25. The van der Waals surface area contributed by atoms with Gasteiger partial charge in [-0.15, -0.1) is 0 Å². The largest absolute Gasteiger partial charge is 0.449 e. The molecule has 1 saturated carbocycles. The van der Waals surface area contributed by atoms with Crippen LogP contribution in [0.15, 0.2) is 15.8 Å². The molecule has 0 spiro atoms. The van der Waals surface area contributed by atoms with Crippen LogP contribution in [0.4, 0.5) is 9.18 Å². The summed E-state index contributed by atoms with van der Waals surface area (Å²) in [5.41, 5.74) is -2.00. The van der Waals surface area contributed by atoms with Crippen molar-refractivity contribution in [2.45, 2.75) is 32.4 Å². The number of hydrogen-bond acceptors (Lipinski definition) is 5. The molecule has 10 heteroatoms. The summed E-state index contributed by atoms with van der Waals surface area (Å²) in [4.78, 5) is 46.9. The van der Waals surface area contributed by atoms with Gasteiger partial charge in [0.2, 0.25) is 11.7 Å². The molecule has 0 aromatic carbocycles. The summed E-state index contributed by atoms with van der Waals surface area (Å²) in [7, 11) is 0. The fourth-order valence-electron chi connectivity index (χ4n) is 2.08. The fourth-order valence-corrected chi connectivity index (χ4v) is 2.08. The molecule has 1 aliphatic rings. The number of halogens is 1. The van der Waals surface area contributed by atoms with Crippen LogP contribution in [0.5, 0.6) is 0 Å². The van der Waals surface area contributed by atoms with Crippen LogP contribution in [0, 0.1) is 11.7 Å². The molecule has 0 aliphatic heterocycles. The first-order chi connectivity index (χ1) is 11.5. The lowest BCUT2D eigenvalue weighted by Crippen LogP contribution is -2.37. The summed E-state index contributed by atoms with van der Waals surface area (Å²) in [6.07, 6.45) is 3.31. The molecule has 0 atom stereocenters. The molecule has 1 heterocycles. The quantitative estimate of drug-likeness (QED) is 0.626. The predicted octanol–water partition coefficient (Wildman–Crippen LogP) is -0.334. The third-order valence-electron chi connectivity index (χ3n) is 3.74. The van der Waals surface area contributed by atoms with Crippen LogP contribution in [-0.4, -0.2) is 34.7 Å². The van der Waals surface area contributed by atoms with Crippen LogP contribution in [0.1, 0.15) is 25.7 Å². The Bertz CT molecular complexity index is 710. The van der Waals surface area contributed by atoms with Crippen LogP contribution in [0.2, 0.25) is 0 Å². The Labute approximate surface area is 136 Å². The van der Waals surface area contributed by atoms with Crippen molar-refractivity contribution in [3.05, 3.63) is 32.9 Å². The number of aromatic nitrogens is 2. The lowest BCUT2D eigenvalue weighted by Gasteiger charge is -2.25. The normalized spacial score (nSPS) is 13.9. The molecule has 2 amide bonds. The van der Waals surface area contributed by atoms with Gasteiger partial charge in [0.05, 0.1) is 12.6 Å². The number of rotatable bonds is 7. The maximum atomic E-state index is 13.0. The number of alkyl carbamates (subject to hydrolysis) is 1. The van der Waals surface area contributed by atoms with E-state index in [0.717, 1.165) is 17.4 Å². The molecule has 0 saturated heterocycles. The van der Waals surface area contributed by atoms with E-state index in [1.165, 1.54) is 6.42 Å². The molecule has 0 bridgehead atoms. The minimum absolute atomic E-state index is 0.0351. The number of ether oxygens (including phenoxy) is 1. The molecule has 1 aromatic heterocycles. The van der Waals surface area contributed by atoms with E-state index in [9.17, 15) is 23.6 Å². The zero-order valence-corrected chi connectivity index (χ0v) is 13.0. The van der Waals surface area contributed by atoms with E-state index in [4.69, 9.17) is 4.74 Å². The SMILES string of the molecule is O=C(CCOC(=O)NCn1cc(F)c(=O)[nH]c1=O)NCC1CCC1. The zero-order valence-electron chi connectivity index (χ0n) is 13.0. The number of nitrogens with zero attached hydrogens (tertiary/aromatic N) is 1. The van der Waals surface area contributed by atoms with E-state index in [-0.39, 0.29) is 25.6 Å². The van der Waals surface area contributed by atoms with Crippen LogP contribution in [-0.2, 0) is 16.2 Å². The monoisotopic (exact) mass is 342 g/mol. The topological polar surface area (TPSA) is 122 Å². The molecular formula is C14H19FN4O5. The number of carbonyl (C=O) groups is 2. The van der Waals surface area contributed by atoms with E-state index in [1.54, 1.807) is 4.98 Å². The van der Waals surface area contributed by atoms with Crippen LogP contribution in [0.3, 0.4) is 0 Å². The predicted molar refractivity (Wildman–Crippen MR) is 80.7 cm³/mol. The highest BCUT2D eigenvalue weighted by molar-refractivity contribution is 5.76. The minimum Gasteiger partial charge on any atom is -0.449 e. The van der Waals surface area contributed by atoms with E-state index in [1.807, 2.05) is 0 Å². The summed E-state index contributed by atoms with van der Waals surface area (Å²) < 4.78 is 18.6. The van der Waals surface area contributed by atoms with Gasteiger partial charge in [0.1, 0.15) is 13.3 Å². The molecule has 1 aliphatic carbocycles. The van der Waals surface area contributed by atoms with E-state index < -0.39 is 23.2 Å². The highest BCUT2D eigenvalue weighted by atomic mass is 19.1. The van der Waals surface area contributed by atoms with Crippen molar-refractivity contribution in [3.8, 4) is 0 Å². The lowest BCUT2D eigenvalue weighted by molar-refractivity contribution is -0.122. The second kappa shape index (κ2) is 8.27. The number of H-pyrrole nitrogens is 1. The second-order valence-corrected chi connectivity index (χ2v) is 5.53. The molecule has 1 fully saturated rings.